The fourth-order valence-corrected chi connectivity index (χ4v) is 7.86. The van der Waals surface area contributed by atoms with E-state index in [9.17, 15) is 14.3 Å². The van der Waals surface area contributed by atoms with E-state index in [0.29, 0.717) is 24.1 Å². The minimum Gasteiger partial charge on any atom is -0.457 e. The summed E-state index contributed by atoms with van der Waals surface area (Å²) in [6, 6.07) is 0. The van der Waals surface area contributed by atoms with Gasteiger partial charge in [-0.2, -0.15) is 0 Å². The second-order valence-electron chi connectivity index (χ2n) is 18.2. The zero-order valence-electron chi connectivity index (χ0n) is 39.8. The van der Waals surface area contributed by atoms with Crippen LogP contribution in [0.15, 0.2) is 24.3 Å². The lowest BCUT2D eigenvalue weighted by atomic mass is 10.0. The molecule has 0 spiro atoms. The van der Waals surface area contributed by atoms with Gasteiger partial charge in [0.25, 0.3) is 0 Å². The smallest absolute Gasteiger partial charge is 0.457 e. The summed E-state index contributed by atoms with van der Waals surface area (Å²) in [4.78, 5) is 23.0. The third kappa shape index (κ3) is 47.9. The molecular formula is C50H99NO7P+. The van der Waals surface area contributed by atoms with Crippen molar-refractivity contribution in [2.75, 3.05) is 54.1 Å². The van der Waals surface area contributed by atoms with E-state index in [1.165, 1.54) is 173 Å². The van der Waals surface area contributed by atoms with E-state index >= 15 is 0 Å². The summed E-state index contributed by atoms with van der Waals surface area (Å²) in [5.41, 5.74) is 0. The number of unbranched alkanes of at least 4 members (excludes halogenated alkanes) is 29. The largest absolute Gasteiger partial charge is 0.472 e. The van der Waals surface area contributed by atoms with Crippen molar-refractivity contribution in [3.63, 3.8) is 0 Å². The highest BCUT2D eigenvalue weighted by Gasteiger charge is 2.26. The standard InChI is InChI=1S/C50H98NO7P/c1-6-8-10-12-14-16-18-20-22-24-26-27-29-31-33-35-37-39-41-43-50(52)58-49(48-57-59(53,54)56-46-44-51(3,4)5)47-55-45-42-40-38-36-34-32-30-28-25-23-21-19-17-15-13-11-9-7-2/h14,16,20,22,49H,6-13,15,17-19,21,23-48H2,1-5H3/p+1/b16-14-,22-20-. The summed E-state index contributed by atoms with van der Waals surface area (Å²) >= 11 is 0. The molecule has 9 heteroatoms. The lowest BCUT2D eigenvalue weighted by Crippen LogP contribution is -2.37. The number of esters is 1. The van der Waals surface area contributed by atoms with Crippen LogP contribution >= 0.6 is 7.82 Å². The van der Waals surface area contributed by atoms with Gasteiger partial charge in [0, 0.05) is 13.0 Å². The van der Waals surface area contributed by atoms with Crippen LogP contribution in [-0.2, 0) is 27.9 Å². The number of allylic oxidation sites excluding steroid dienone is 4. The molecule has 0 aliphatic rings. The number of hydrogen-bond donors (Lipinski definition) is 1. The van der Waals surface area contributed by atoms with Crippen LogP contribution in [-0.4, -0.2) is 75.6 Å². The first-order chi connectivity index (χ1) is 28.6. The van der Waals surface area contributed by atoms with E-state index in [4.69, 9.17) is 18.5 Å². The van der Waals surface area contributed by atoms with Crippen molar-refractivity contribution >= 4 is 13.8 Å². The Morgan fingerprint density at radius 1 is 0.525 bits per heavy atom. The number of likely N-dealkylation sites (N-methyl/N-ethyl adjacent to an activating group) is 1. The number of phosphoric ester groups is 1. The molecule has 0 aromatic rings. The first-order valence-electron chi connectivity index (χ1n) is 25.1. The van der Waals surface area contributed by atoms with Crippen LogP contribution in [0.4, 0.5) is 0 Å². The lowest BCUT2D eigenvalue weighted by molar-refractivity contribution is -0.870. The Labute approximate surface area is 366 Å². The van der Waals surface area contributed by atoms with E-state index in [1.807, 2.05) is 21.1 Å². The number of nitrogens with zero attached hydrogens (tertiary/aromatic N) is 1. The predicted molar refractivity (Wildman–Crippen MR) is 252 cm³/mol. The fraction of sp³-hybridized carbons (Fsp3) is 0.900. The van der Waals surface area contributed by atoms with Crippen molar-refractivity contribution in [1.29, 1.82) is 0 Å². The zero-order chi connectivity index (χ0) is 43.4. The molecule has 0 saturated heterocycles. The summed E-state index contributed by atoms with van der Waals surface area (Å²) in [7, 11) is 1.68. The van der Waals surface area contributed by atoms with Gasteiger partial charge in [0.2, 0.25) is 0 Å². The molecule has 0 bridgehead atoms. The monoisotopic (exact) mass is 857 g/mol. The molecule has 59 heavy (non-hydrogen) atoms. The van der Waals surface area contributed by atoms with Crippen molar-refractivity contribution in [1.82, 2.24) is 0 Å². The van der Waals surface area contributed by atoms with Crippen LogP contribution in [0, 0.1) is 0 Å². The first-order valence-corrected chi connectivity index (χ1v) is 26.6. The van der Waals surface area contributed by atoms with Crippen molar-refractivity contribution in [3.8, 4) is 0 Å². The average Bonchev–Trinajstić information content (AvgIpc) is 3.19. The zero-order valence-corrected chi connectivity index (χ0v) is 40.6. The quantitative estimate of drug-likeness (QED) is 0.0214. The molecule has 0 fully saturated rings. The Morgan fingerprint density at radius 3 is 1.41 bits per heavy atom. The number of quaternary nitrogens is 1. The topological polar surface area (TPSA) is 91.3 Å². The summed E-state index contributed by atoms with van der Waals surface area (Å²) in [5, 5.41) is 0. The molecule has 0 aliphatic carbocycles. The Morgan fingerprint density at radius 2 is 0.932 bits per heavy atom. The van der Waals surface area contributed by atoms with Gasteiger partial charge in [-0.3, -0.25) is 13.8 Å². The van der Waals surface area contributed by atoms with Crippen LogP contribution in [0.3, 0.4) is 0 Å². The Hall–Kier alpha value is -1.02. The van der Waals surface area contributed by atoms with Gasteiger partial charge in [-0.1, -0.05) is 205 Å². The molecule has 0 radical (unpaired) electrons. The molecule has 0 aromatic heterocycles. The van der Waals surface area contributed by atoms with Crippen LogP contribution < -0.4 is 0 Å². The Balaban J connectivity index is 4.14. The predicted octanol–water partition coefficient (Wildman–Crippen LogP) is 15.2. The van der Waals surface area contributed by atoms with E-state index in [2.05, 4.69) is 38.2 Å². The lowest BCUT2D eigenvalue weighted by Gasteiger charge is -2.24. The molecule has 350 valence electrons. The number of carbonyl (C=O) groups excluding carboxylic acids is 1. The second kappa shape index (κ2) is 43.6. The van der Waals surface area contributed by atoms with Gasteiger partial charge in [-0.05, 0) is 44.9 Å². The molecular weight excluding hydrogens is 758 g/mol. The van der Waals surface area contributed by atoms with Crippen LogP contribution in [0.2, 0.25) is 0 Å². The van der Waals surface area contributed by atoms with Gasteiger partial charge in [0.1, 0.15) is 19.3 Å². The Kier molecular flexibility index (Phi) is 42.9. The van der Waals surface area contributed by atoms with E-state index in [1.54, 1.807) is 0 Å². The van der Waals surface area contributed by atoms with Gasteiger partial charge < -0.3 is 18.9 Å². The maximum absolute atomic E-state index is 12.7. The number of ether oxygens (including phenoxy) is 2. The summed E-state index contributed by atoms with van der Waals surface area (Å²) in [6.45, 7) is 5.64. The minimum atomic E-state index is -4.28. The first kappa shape index (κ1) is 58.0. The van der Waals surface area contributed by atoms with Crippen LogP contribution in [0.1, 0.15) is 232 Å². The van der Waals surface area contributed by atoms with E-state index in [0.717, 1.165) is 38.5 Å². The summed E-state index contributed by atoms with van der Waals surface area (Å²) in [5.74, 6) is -0.314. The third-order valence-corrected chi connectivity index (χ3v) is 12.0. The molecule has 0 rings (SSSR count). The molecule has 0 saturated carbocycles. The molecule has 1 N–H and O–H groups in total. The van der Waals surface area contributed by atoms with Gasteiger partial charge in [0.15, 0.2) is 0 Å². The highest BCUT2D eigenvalue weighted by molar-refractivity contribution is 7.47. The van der Waals surface area contributed by atoms with Gasteiger partial charge in [0.05, 0.1) is 34.4 Å². The molecule has 2 unspecified atom stereocenters. The SMILES string of the molecule is CCCCC/C=C\C/C=C\CCCCCCCCCCCC(=O)OC(COCCCCCCCCCCCCCCCCCCCC)COP(=O)(O)OCC[N+](C)(C)C. The maximum Gasteiger partial charge on any atom is 0.472 e. The highest BCUT2D eigenvalue weighted by Crippen LogP contribution is 2.43. The van der Waals surface area contributed by atoms with Crippen molar-refractivity contribution in [3.05, 3.63) is 24.3 Å². The van der Waals surface area contributed by atoms with Gasteiger partial charge in [-0.15, -0.1) is 0 Å². The third-order valence-electron chi connectivity index (χ3n) is 11.0. The number of phosphoric acid groups is 1. The fourth-order valence-electron chi connectivity index (χ4n) is 7.11. The Bertz CT molecular complexity index is 998. The molecule has 0 aromatic carbocycles. The molecule has 0 aliphatic heterocycles. The second-order valence-corrected chi connectivity index (χ2v) is 19.7. The minimum absolute atomic E-state index is 0.0900. The molecule has 8 nitrogen and oxygen atoms in total. The normalized spacial score (nSPS) is 13.8. The van der Waals surface area contributed by atoms with E-state index in [-0.39, 0.29) is 25.8 Å². The summed E-state index contributed by atoms with van der Waals surface area (Å²) < 4.78 is 35.1. The van der Waals surface area contributed by atoms with Crippen molar-refractivity contribution in [2.24, 2.45) is 0 Å². The molecule has 0 amide bonds. The molecule has 0 heterocycles. The van der Waals surface area contributed by atoms with Crippen LogP contribution in [0.5, 0.6) is 0 Å². The van der Waals surface area contributed by atoms with Gasteiger partial charge in [-0.25, -0.2) is 4.57 Å². The van der Waals surface area contributed by atoms with Crippen molar-refractivity contribution < 1.29 is 37.3 Å². The maximum atomic E-state index is 12.7. The average molecular weight is 857 g/mol. The highest BCUT2D eigenvalue weighted by atomic mass is 31.2. The number of rotatable bonds is 47. The van der Waals surface area contributed by atoms with Gasteiger partial charge >= 0.3 is 13.8 Å². The molecule has 2 atom stereocenters. The van der Waals surface area contributed by atoms with Crippen LogP contribution in [0.25, 0.3) is 0 Å². The number of hydrogen-bond acceptors (Lipinski definition) is 6. The van der Waals surface area contributed by atoms with Crippen molar-refractivity contribution in [2.45, 2.75) is 238 Å². The summed E-state index contributed by atoms with van der Waals surface area (Å²) in [6.07, 6.45) is 50.7. The number of carbonyl (C=O) groups is 1. The van der Waals surface area contributed by atoms with E-state index < -0.39 is 13.9 Å².